The second kappa shape index (κ2) is 7.67. The number of ether oxygens (including phenoxy) is 2. The number of hydrogen-bond acceptors (Lipinski definition) is 5. The van der Waals surface area contributed by atoms with Crippen molar-refractivity contribution in [3.8, 4) is 11.5 Å². The maximum Gasteiger partial charge on any atom is 0.325 e. The van der Waals surface area contributed by atoms with Gasteiger partial charge in [-0.15, -0.1) is 0 Å². The van der Waals surface area contributed by atoms with Crippen LogP contribution in [0.4, 0.5) is 4.79 Å². The average molecular weight is 430 g/mol. The lowest BCUT2D eigenvalue weighted by Gasteiger charge is -2.22. The van der Waals surface area contributed by atoms with Gasteiger partial charge in [0.15, 0.2) is 17.3 Å². The molecule has 1 fully saturated rings. The van der Waals surface area contributed by atoms with Crippen LogP contribution in [0, 0.1) is 0 Å². The lowest BCUT2D eigenvalue weighted by atomic mass is 9.90. The number of carbonyl (C=O) groups excluding carboxylic acids is 3. The zero-order chi connectivity index (χ0) is 22.3. The summed E-state index contributed by atoms with van der Waals surface area (Å²) in [6.07, 6.45) is 0.758. The minimum absolute atomic E-state index is 0.354. The summed E-state index contributed by atoms with van der Waals surface area (Å²) in [5.74, 6) is 0.261. The van der Waals surface area contributed by atoms with E-state index in [1.165, 1.54) is 0 Å². The fourth-order valence-electron chi connectivity index (χ4n) is 4.11. The van der Waals surface area contributed by atoms with E-state index in [0.29, 0.717) is 35.8 Å². The molecule has 7 nitrogen and oxygen atoms in total. The van der Waals surface area contributed by atoms with Gasteiger partial charge in [-0.25, -0.2) is 4.79 Å². The first-order valence-corrected chi connectivity index (χ1v) is 10.5. The third-order valence-electron chi connectivity index (χ3n) is 5.97. The molecule has 0 bridgehead atoms. The van der Waals surface area contributed by atoms with E-state index in [1.807, 2.05) is 42.5 Å². The zero-order valence-corrected chi connectivity index (χ0v) is 17.6. The minimum Gasteiger partial charge on any atom is -0.490 e. The van der Waals surface area contributed by atoms with Gasteiger partial charge in [0.05, 0.1) is 19.8 Å². The summed E-state index contributed by atoms with van der Waals surface area (Å²) in [5.41, 5.74) is -0.221. The standard InChI is InChI=1S/C25H22N2O5/c1-25(19-9-7-16-5-2-3-6-17(16)13-19)23(29)27(24(30)26-25)15-20(28)18-8-10-21-22(14-18)32-12-4-11-31-21/h2-3,5-10,13-14H,4,11-12,15H2,1H3,(H,26,30). The van der Waals surface area contributed by atoms with E-state index in [9.17, 15) is 14.4 Å². The lowest BCUT2D eigenvalue weighted by molar-refractivity contribution is -0.130. The normalized spacial score (nSPS) is 20.2. The van der Waals surface area contributed by atoms with E-state index in [0.717, 1.165) is 22.1 Å². The van der Waals surface area contributed by atoms with Gasteiger partial charge in [-0.3, -0.25) is 14.5 Å². The molecule has 3 aromatic carbocycles. The highest BCUT2D eigenvalue weighted by atomic mass is 16.5. The Morgan fingerprint density at radius 2 is 1.72 bits per heavy atom. The van der Waals surface area contributed by atoms with Crippen LogP contribution in [0.1, 0.15) is 29.3 Å². The monoisotopic (exact) mass is 430 g/mol. The Morgan fingerprint density at radius 3 is 2.53 bits per heavy atom. The summed E-state index contributed by atoms with van der Waals surface area (Å²) >= 11 is 0. The van der Waals surface area contributed by atoms with Crippen LogP contribution < -0.4 is 14.8 Å². The molecule has 1 saturated heterocycles. The molecular formula is C25H22N2O5. The van der Waals surface area contributed by atoms with E-state index >= 15 is 0 Å². The number of carbonyl (C=O) groups is 3. The SMILES string of the molecule is CC1(c2ccc3ccccc3c2)NC(=O)N(CC(=O)c2ccc3c(c2)OCCCO3)C1=O. The highest BCUT2D eigenvalue weighted by Crippen LogP contribution is 2.33. The van der Waals surface area contributed by atoms with E-state index in [1.54, 1.807) is 25.1 Å². The Bertz CT molecular complexity index is 1250. The van der Waals surface area contributed by atoms with Crippen molar-refractivity contribution in [3.63, 3.8) is 0 Å². The summed E-state index contributed by atoms with van der Waals surface area (Å²) in [6.45, 7) is 2.36. The number of rotatable bonds is 4. The van der Waals surface area contributed by atoms with Crippen molar-refractivity contribution in [1.82, 2.24) is 10.2 Å². The molecule has 1 unspecified atom stereocenters. The van der Waals surface area contributed by atoms with Gasteiger partial charge in [0.2, 0.25) is 0 Å². The smallest absolute Gasteiger partial charge is 0.325 e. The molecule has 2 aliphatic heterocycles. The average Bonchev–Trinajstić information content (AvgIpc) is 2.96. The van der Waals surface area contributed by atoms with Crippen LogP contribution in [0.25, 0.3) is 10.8 Å². The lowest BCUT2D eigenvalue weighted by Crippen LogP contribution is -2.41. The van der Waals surface area contributed by atoms with Crippen LogP contribution >= 0.6 is 0 Å². The molecule has 2 aliphatic rings. The number of nitrogens with one attached hydrogen (secondary N) is 1. The number of amides is 3. The van der Waals surface area contributed by atoms with Crippen molar-refractivity contribution in [3.05, 3.63) is 71.8 Å². The van der Waals surface area contributed by atoms with E-state index < -0.39 is 17.5 Å². The van der Waals surface area contributed by atoms with Gasteiger partial charge in [-0.05, 0) is 47.5 Å². The molecule has 1 atom stereocenters. The molecule has 7 heteroatoms. The molecule has 3 amide bonds. The molecule has 0 spiro atoms. The second-order valence-electron chi connectivity index (χ2n) is 8.14. The summed E-state index contributed by atoms with van der Waals surface area (Å²) in [4.78, 5) is 39.8. The Hall–Kier alpha value is -3.87. The molecule has 3 aromatic rings. The second-order valence-corrected chi connectivity index (χ2v) is 8.14. The van der Waals surface area contributed by atoms with Gasteiger partial charge < -0.3 is 14.8 Å². The first kappa shape index (κ1) is 20.1. The van der Waals surface area contributed by atoms with Crippen molar-refractivity contribution in [2.45, 2.75) is 18.9 Å². The van der Waals surface area contributed by atoms with Crippen molar-refractivity contribution >= 4 is 28.5 Å². The van der Waals surface area contributed by atoms with Crippen molar-refractivity contribution in [2.24, 2.45) is 0 Å². The Kier molecular flexibility index (Phi) is 4.81. The van der Waals surface area contributed by atoms with Crippen LogP contribution in [0.5, 0.6) is 11.5 Å². The maximum absolute atomic E-state index is 13.3. The quantitative estimate of drug-likeness (QED) is 0.505. The van der Waals surface area contributed by atoms with Gasteiger partial charge in [0.1, 0.15) is 5.54 Å². The first-order valence-electron chi connectivity index (χ1n) is 10.5. The number of benzene rings is 3. The molecule has 0 saturated carbocycles. The Labute approximate surface area is 184 Å². The van der Waals surface area contributed by atoms with Gasteiger partial charge in [0, 0.05) is 12.0 Å². The molecule has 162 valence electrons. The van der Waals surface area contributed by atoms with Gasteiger partial charge in [-0.1, -0.05) is 36.4 Å². The molecule has 0 aliphatic carbocycles. The predicted octanol–water partition coefficient (Wildman–Crippen LogP) is 3.65. The topological polar surface area (TPSA) is 84.9 Å². The number of hydrogen-bond donors (Lipinski definition) is 1. The fourth-order valence-corrected chi connectivity index (χ4v) is 4.11. The van der Waals surface area contributed by atoms with Crippen molar-refractivity contribution in [2.75, 3.05) is 19.8 Å². The molecular weight excluding hydrogens is 408 g/mol. The molecule has 32 heavy (non-hydrogen) atoms. The van der Waals surface area contributed by atoms with E-state index in [2.05, 4.69) is 5.32 Å². The maximum atomic E-state index is 13.3. The van der Waals surface area contributed by atoms with Crippen LogP contribution in [0.2, 0.25) is 0 Å². The van der Waals surface area contributed by atoms with Crippen LogP contribution in [-0.4, -0.2) is 42.4 Å². The summed E-state index contributed by atoms with van der Waals surface area (Å²) in [7, 11) is 0. The molecule has 2 heterocycles. The number of imide groups is 1. The number of nitrogens with zero attached hydrogens (tertiary/aromatic N) is 1. The molecule has 5 rings (SSSR count). The summed E-state index contributed by atoms with van der Waals surface area (Å²) < 4.78 is 11.2. The molecule has 0 radical (unpaired) electrons. The third-order valence-corrected chi connectivity index (χ3v) is 5.97. The first-order chi connectivity index (χ1) is 15.5. The molecule has 0 aromatic heterocycles. The minimum atomic E-state index is -1.24. The largest absolute Gasteiger partial charge is 0.490 e. The number of Topliss-reactive ketones (excluding diaryl/α,β-unsaturated/α-hetero) is 1. The van der Waals surface area contributed by atoms with Gasteiger partial charge in [0.25, 0.3) is 5.91 Å². The number of fused-ring (bicyclic) bond motifs is 2. The van der Waals surface area contributed by atoms with Crippen LogP contribution in [0.3, 0.4) is 0 Å². The van der Waals surface area contributed by atoms with Gasteiger partial charge in [-0.2, -0.15) is 0 Å². The van der Waals surface area contributed by atoms with Crippen LogP contribution in [-0.2, 0) is 10.3 Å². The fraction of sp³-hybridized carbons (Fsp3) is 0.240. The van der Waals surface area contributed by atoms with E-state index in [4.69, 9.17) is 9.47 Å². The van der Waals surface area contributed by atoms with Crippen molar-refractivity contribution in [1.29, 1.82) is 0 Å². The van der Waals surface area contributed by atoms with Crippen LogP contribution in [0.15, 0.2) is 60.7 Å². The Balaban J connectivity index is 1.39. The summed E-state index contributed by atoms with van der Waals surface area (Å²) in [5, 5.41) is 4.77. The van der Waals surface area contributed by atoms with E-state index in [-0.39, 0.29) is 12.3 Å². The highest BCUT2D eigenvalue weighted by molar-refractivity contribution is 6.11. The van der Waals surface area contributed by atoms with Gasteiger partial charge >= 0.3 is 6.03 Å². The highest BCUT2D eigenvalue weighted by Gasteiger charge is 2.49. The van der Waals surface area contributed by atoms with Crippen molar-refractivity contribution < 1.29 is 23.9 Å². The predicted molar refractivity (Wildman–Crippen MR) is 118 cm³/mol. The summed E-state index contributed by atoms with van der Waals surface area (Å²) in [6, 6.07) is 17.8. The third kappa shape index (κ3) is 3.36. The Morgan fingerprint density at radius 1 is 0.969 bits per heavy atom. The molecule has 1 N–H and O–H groups in total. The number of ketones is 1. The zero-order valence-electron chi connectivity index (χ0n) is 17.6. The number of urea groups is 1.